The van der Waals surface area contributed by atoms with Gasteiger partial charge in [0.05, 0.1) is 13.2 Å². The van der Waals surface area contributed by atoms with Crippen molar-refractivity contribution >= 4 is 0 Å². The highest BCUT2D eigenvalue weighted by Crippen LogP contribution is 2.38. The van der Waals surface area contributed by atoms with Gasteiger partial charge in [-0.15, -0.1) is 0 Å². The lowest BCUT2D eigenvalue weighted by Crippen LogP contribution is -2.18. The molecule has 6 rings (SSSR count). The van der Waals surface area contributed by atoms with Crippen molar-refractivity contribution in [3.63, 3.8) is 0 Å². The largest absolute Gasteiger partial charge is 0.494 e. The van der Waals surface area contributed by atoms with E-state index in [0.29, 0.717) is 18.4 Å². The van der Waals surface area contributed by atoms with Crippen molar-refractivity contribution in [1.82, 2.24) is 0 Å². The Balaban J connectivity index is 0.000000216. The van der Waals surface area contributed by atoms with Crippen LogP contribution >= 0.6 is 0 Å². The van der Waals surface area contributed by atoms with Gasteiger partial charge in [0.2, 0.25) is 0 Å². The molecule has 3 nitrogen and oxygen atoms in total. The first-order valence-electron chi connectivity index (χ1n) is 21.9. The molecular formula is C51H68F2O3. The minimum atomic E-state index is -0.422. The van der Waals surface area contributed by atoms with Gasteiger partial charge < -0.3 is 9.62 Å². The van der Waals surface area contributed by atoms with E-state index in [1.54, 1.807) is 0 Å². The van der Waals surface area contributed by atoms with E-state index in [9.17, 15) is 8.78 Å². The molecule has 5 heteroatoms. The van der Waals surface area contributed by atoms with Crippen LogP contribution in [0.3, 0.4) is 0 Å². The SMILES string of the molecule is CCCCCCCOc1ccc(C2CCC(COOc3ccc(C)cc3)CC2)cc1.Cc1ccc(C2CCC(CCCCc3cc(F)c(C)c(F)c3)CC2)cc1. The summed E-state index contributed by atoms with van der Waals surface area (Å²) in [6, 6.07) is 28.8. The Kier molecular flexibility index (Phi) is 18.2. The third-order valence-corrected chi connectivity index (χ3v) is 12.3. The lowest BCUT2D eigenvalue weighted by molar-refractivity contribution is -0.218. The zero-order valence-corrected chi connectivity index (χ0v) is 34.8. The van der Waals surface area contributed by atoms with Crippen LogP contribution in [0.5, 0.6) is 11.5 Å². The molecule has 4 aromatic carbocycles. The second-order valence-electron chi connectivity index (χ2n) is 16.8. The number of ether oxygens (including phenoxy) is 1. The summed E-state index contributed by atoms with van der Waals surface area (Å²) in [7, 11) is 0. The molecule has 0 amide bonds. The summed E-state index contributed by atoms with van der Waals surface area (Å²) in [6.07, 6.45) is 20.6. The van der Waals surface area contributed by atoms with E-state index in [2.05, 4.69) is 69.3 Å². The van der Waals surface area contributed by atoms with E-state index in [1.165, 1.54) is 125 Å². The molecule has 0 bridgehead atoms. The number of halogens is 2. The van der Waals surface area contributed by atoms with Crippen molar-refractivity contribution in [3.05, 3.63) is 130 Å². The van der Waals surface area contributed by atoms with Crippen LogP contribution in [0.1, 0.15) is 155 Å². The average Bonchev–Trinajstić information content (AvgIpc) is 3.22. The van der Waals surface area contributed by atoms with Crippen molar-refractivity contribution in [2.45, 2.75) is 149 Å². The third kappa shape index (κ3) is 14.7. The summed E-state index contributed by atoms with van der Waals surface area (Å²) in [6.45, 7) is 9.45. The molecule has 56 heavy (non-hydrogen) atoms. The highest BCUT2D eigenvalue weighted by molar-refractivity contribution is 5.30. The van der Waals surface area contributed by atoms with Gasteiger partial charge >= 0.3 is 0 Å². The van der Waals surface area contributed by atoms with Crippen LogP contribution in [0.25, 0.3) is 0 Å². The molecule has 0 aromatic heterocycles. The van der Waals surface area contributed by atoms with E-state index in [4.69, 9.17) is 14.5 Å². The fourth-order valence-corrected chi connectivity index (χ4v) is 8.41. The minimum absolute atomic E-state index is 0.124. The fourth-order valence-electron chi connectivity index (χ4n) is 8.41. The zero-order chi connectivity index (χ0) is 39.5. The lowest BCUT2D eigenvalue weighted by atomic mass is 9.77. The number of hydrogen-bond donors (Lipinski definition) is 0. The summed E-state index contributed by atoms with van der Waals surface area (Å²) < 4.78 is 33.1. The van der Waals surface area contributed by atoms with Crippen LogP contribution in [-0.4, -0.2) is 13.2 Å². The molecule has 2 aliphatic rings. The predicted molar refractivity (Wildman–Crippen MR) is 228 cm³/mol. The molecule has 0 heterocycles. The molecular weight excluding hydrogens is 699 g/mol. The maximum absolute atomic E-state index is 13.6. The molecule has 0 atom stereocenters. The molecule has 0 aliphatic heterocycles. The number of benzene rings is 4. The first-order chi connectivity index (χ1) is 27.3. The molecule has 2 aliphatic carbocycles. The smallest absolute Gasteiger partial charge is 0.165 e. The van der Waals surface area contributed by atoms with Gasteiger partial charge in [0, 0.05) is 5.56 Å². The fraction of sp³-hybridized carbons (Fsp3) is 0.529. The van der Waals surface area contributed by atoms with Crippen molar-refractivity contribution in [3.8, 4) is 11.5 Å². The lowest BCUT2D eigenvalue weighted by Gasteiger charge is -2.29. The maximum atomic E-state index is 13.6. The van der Waals surface area contributed by atoms with E-state index >= 15 is 0 Å². The highest BCUT2D eigenvalue weighted by Gasteiger charge is 2.24. The Morgan fingerprint density at radius 3 is 1.66 bits per heavy atom. The Morgan fingerprint density at radius 2 is 1.07 bits per heavy atom. The van der Waals surface area contributed by atoms with Crippen molar-refractivity contribution in [2.24, 2.45) is 11.8 Å². The van der Waals surface area contributed by atoms with Crippen molar-refractivity contribution < 1.29 is 23.3 Å². The topological polar surface area (TPSA) is 27.7 Å². The van der Waals surface area contributed by atoms with Gasteiger partial charge in [-0.25, -0.2) is 8.78 Å². The van der Waals surface area contributed by atoms with Gasteiger partial charge in [0.1, 0.15) is 17.4 Å². The molecule has 0 spiro atoms. The second kappa shape index (κ2) is 23.5. The summed E-state index contributed by atoms with van der Waals surface area (Å²) >= 11 is 0. The first-order valence-corrected chi connectivity index (χ1v) is 21.9. The minimum Gasteiger partial charge on any atom is -0.494 e. The van der Waals surface area contributed by atoms with Crippen LogP contribution in [-0.2, 0) is 11.3 Å². The Morgan fingerprint density at radius 1 is 0.554 bits per heavy atom. The number of unbranched alkanes of at least 4 members (excludes halogenated alkanes) is 5. The zero-order valence-electron chi connectivity index (χ0n) is 34.8. The Hall–Kier alpha value is -3.70. The molecule has 0 N–H and O–H groups in total. The number of hydrogen-bond acceptors (Lipinski definition) is 3. The van der Waals surface area contributed by atoms with Crippen molar-refractivity contribution in [2.75, 3.05) is 13.2 Å². The number of rotatable bonds is 18. The van der Waals surface area contributed by atoms with E-state index in [1.807, 2.05) is 24.3 Å². The highest BCUT2D eigenvalue weighted by atomic mass is 19.1. The van der Waals surface area contributed by atoms with Crippen LogP contribution in [0.15, 0.2) is 84.9 Å². The van der Waals surface area contributed by atoms with Crippen LogP contribution in [0.2, 0.25) is 0 Å². The van der Waals surface area contributed by atoms with Gasteiger partial charge in [-0.05, 0) is 168 Å². The quantitative estimate of drug-likeness (QED) is 0.0573. The summed E-state index contributed by atoms with van der Waals surface area (Å²) in [5, 5.41) is 0. The molecule has 2 saturated carbocycles. The van der Waals surface area contributed by atoms with Gasteiger partial charge in [0.25, 0.3) is 0 Å². The van der Waals surface area contributed by atoms with E-state index in [0.717, 1.165) is 61.2 Å². The maximum Gasteiger partial charge on any atom is 0.165 e. The normalized spacial score (nSPS) is 19.5. The molecule has 0 saturated heterocycles. The van der Waals surface area contributed by atoms with E-state index < -0.39 is 11.6 Å². The molecule has 0 unspecified atom stereocenters. The summed E-state index contributed by atoms with van der Waals surface area (Å²) in [5.74, 6) is 3.73. The standard InChI is InChI=1S/C27H38O3.C24H30F2/c1-3-4-5-6-7-20-28-26-18-14-25(15-19-26)24-12-10-23(11-13-24)21-29-30-27-16-8-22(2)9-17-27;1-17-7-11-21(12-8-17)22-13-9-19(10-14-22)5-3-4-6-20-15-23(25)18(2)24(26)16-20/h8-9,14-19,23-24H,3-7,10-13,20-21H2,1-2H3;7-8,11-12,15-16,19,22H,3-6,9-10,13-14H2,1-2H3. The Bertz CT molecular complexity index is 1650. The molecule has 4 aromatic rings. The average molecular weight is 767 g/mol. The third-order valence-electron chi connectivity index (χ3n) is 12.3. The van der Waals surface area contributed by atoms with Crippen LogP contribution < -0.4 is 9.62 Å². The molecule has 0 radical (unpaired) electrons. The molecule has 304 valence electrons. The Labute approximate surface area is 337 Å². The van der Waals surface area contributed by atoms with E-state index in [-0.39, 0.29) is 5.56 Å². The first kappa shape index (κ1) is 43.4. The second-order valence-corrected chi connectivity index (χ2v) is 16.8. The van der Waals surface area contributed by atoms with Crippen LogP contribution in [0, 0.1) is 44.2 Å². The van der Waals surface area contributed by atoms with Gasteiger partial charge in [-0.1, -0.05) is 105 Å². The predicted octanol–water partition coefficient (Wildman–Crippen LogP) is 14.9. The van der Waals surface area contributed by atoms with Crippen molar-refractivity contribution in [1.29, 1.82) is 0 Å². The van der Waals surface area contributed by atoms with Crippen LogP contribution in [0.4, 0.5) is 8.78 Å². The monoisotopic (exact) mass is 767 g/mol. The van der Waals surface area contributed by atoms with Gasteiger partial charge in [-0.2, -0.15) is 4.89 Å². The summed E-state index contributed by atoms with van der Waals surface area (Å²) in [5.41, 5.74) is 6.41. The van der Waals surface area contributed by atoms with Gasteiger partial charge in [0.15, 0.2) is 5.75 Å². The molecule has 2 fully saturated rings. The van der Waals surface area contributed by atoms with Gasteiger partial charge in [-0.3, -0.25) is 0 Å². The number of aryl methyl sites for hydroxylation is 3. The summed E-state index contributed by atoms with van der Waals surface area (Å²) in [4.78, 5) is 10.9.